The number of carboxylic acids is 1. The Hall–Kier alpha value is -3.92. The lowest BCUT2D eigenvalue weighted by Crippen LogP contribution is -2.30. The number of ether oxygens (including phenoxy) is 2. The van der Waals surface area contributed by atoms with Crippen molar-refractivity contribution in [2.75, 3.05) is 25.2 Å². The fraction of sp³-hybridized carbons (Fsp3) is 0.179. The van der Waals surface area contributed by atoms with Gasteiger partial charge in [-0.1, -0.05) is 17.7 Å². The molecular formula is C28H25ClN4O4S. The Morgan fingerprint density at radius 3 is 2.55 bits per heavy atom. The molecule has 3 heterocycles. The number of nitrogens with zero attached hydrogens (tertiary/aromatic N) is 3. The molecule has 0 spiro atoms. The predicted molar refractivity (Wildman–Crippen MR) is 149 cm³/mol. The number of halogens is 1. The molecule has 2 atom stereocenters. The third-order valence-electron chi connectivity index (χ3n) is 6.31. The number of pyridine rings is 1. The number of carbonyl (C=O) groups is 1. The van der Waals surface area contributed by atoms with Gasteiger partial charge in [-0.3, -0.25) is 4.98 Å². The van der Waals surface area contributed by atoms with Gasteiger partial charge in [0.15, 0.2) is 5.11 Å². The molecule has 1 saturated heterocycles. The molecule has 8 nitrogen and oxygen atoms in total. The van der Waals surface area contributed by atoms with Crippen LogP contribution in [0.3, 0.4) is 0 Å². The Balaban J connectivity index is 1.57. The molecule has 0 amide bonds. The van der Waals surface area contributed by atoms with Crippen LogP contribution in [0.1, 0.15) is 33.8 Å². The van der Waals surface area contributed by atoms with E-state index >= 15 is 0 Å². The number of aromatic nitrogens is 2. The molecule has 0 radical (unpaired) electrons. The van der Waals surface area contributed by atoms with Crippen molar-refractivity contribution >= 4 is 40.6 Å². The number of anilines is 1. The van der Waals surface area contributed by atoms with Crippen molar-refractivity contribution < 1.29 is 19.4 Å². The second kappa shape index (κ2) is 11.2. The van der Waals surface area contributed by atoms with Crippen LogP contribution < -0.4 is 15.0 Å². The number of rotatable bonds is 9. The van der Waals surface area contributed by atoms with Crippen molar-refractivity contribution in [1.82, 2.24) is 14.9 Å². The van der Waals surface area contributed by atoms with E-state index in [9.17, 15) is 9.90 Å². The number of methoxy groups -OCH3 is 1. The lowest BCUT2D eigenvalue weighted by Gasteiger charge is -2.29. The van der Waals surface area contributed by atoms with E-state index in [2.05, 4.69) is 10.3 Å². The third kappa shape index (κ3) is 5.08. The van der Waals surface area contributed by atoms with Gasteiger partial charge in [-0.15, -0.1) is 0 Å². The van der Waals surface area contributed by atoms with Crippen LogP contribution in [-0.4, -0.2) is 46.1 Å². The zero-order valence-electron chi connectivity index (χ0n) is 20.5. The van der Waals surface area contributed by atoms with Crippen LogP contribution in [0.15, 0.2) is 85.2 Å². The molecule has 1 aliphatic rings. The molecule has 0 unspecified atom stereocenters. The number of carboxylic acid groups (broad SMARTS) is 1. The van der Waals surface area contributed by atoms with Crippen LogP contribution in [0.4, 0.5) is 5.69 Å². The number of nitrogens with one attached hydrogen (secondary N) is 1. The van der Waals surface area contributed by atoms with Gasteiger partial charge in [0.1, 0.15) is 18.4 Å². The monoisotopic (exact) mass is 548 g/mol. The molecule has 0 saturated carbocycles. The van der Waals surface area contributed by atoms with E-state index in [0.29, 0.717) is 29.1 Å². The highest BCUT2D eigenvalue weighted by atomic mass is 35.5. The maximum Gasteiger partial charge on any atom is 0.335 e. The first-order valence-electron chi connectivity index (χ1n) is 11.9. The van der Waals surface area contributed by atoms with Gasteiger partial charge in [-0.2, -0.15) is 0 Å². The van der Waals surface area contributed by atoms with E-state index < -0.39 is 5.97 Å². The smallest absolute Gasteiger partial charge is 0.335 e. The molecule has 5 rings (SSSR count). The summed E-state index contributed by atoms with van der Waals surface area (Å²) in [6.07, 6.45) is 3.70. The van der Waals surface area contributed by atoms with Gasteiger partial charge in [-0.25, -0.2) is 4.79 Å². The summed E-state index contributed by atoms with van der Waals surface area (Å²) in [5.74, 6) is -0.409. The Bertz CT molecular complexity index is 1450. The molecule has 0 aliphatic carbocycles. The summed E-state index contributed by atoms with van der Waals surface area (Å²) < 4.78 is 12.8. The topological polar surface area (TPSA) is 88.9 Å². The summed E-state index contributed by atoms with van der Waals surface area (Å²) in [4.78, 5) is 18.0. The molecule has 2 aromatic carbocycles. The maximum atomic E-state index is 11.4. The molecule has 194 valence electrons. The van der Waals surface area contributed by atoms with Crippen LogP contribution >= 0.6 is 23.8 Å². The van der Waals surface area contributed by atoms with E-state index in [1.165, 1.54) is 0 Å². The number of hydrogen-bond acceptors (Lipinski definition) is 5. The average molecular weight is 549 g/mol. The highest BCUT2D eigenvalue weighted by molar-refractivity contribution is 7.80. The minimum atomic E-state index is -0.970. The number of hydrogen-bond donors (Lipinski definition) is 2. The largest absolute Gasteiger partial charge is 0.490 e. The Labute approximate surface area is 230 Å². The summed E-state index contributed by atoms with van der Waals surface area (Å²) >= 11 is 12.4. The maximum absolute atomic E-state index is 11.4. The minimum Gasteiger partial charge on any atom is -0.490 e. The van der Waals surface area contributed by atoms with Crippen LogP contribution in [0.5, 0.6) is 5.75 Å². The van der Waals surface area contributed by atoms with Gasteiger partial charge < -0.3 is 29.4 Å². The zero-order chi connectivity index (χ0) is 26.6. The van der Waals surface area contributed by atoms with Gasteiger partial charge >= 0.3 is 5.97 Å². The quantitative estimate of drug-likeness (QED) is 0.211. The van der Waals surface area contributed by atoms with Crippen molar-refractivity contribution in [2.24, 2.45) is 0 Å². The molecule has 10 heteroatoms. The van der Waals surface area contributed by atoms with Gasteiger partial charge in [-0.05, 0) is 78.9 Å². The molecule has 0 bridgehead atoms. The molecule has 2 N–H and O–H groups in total. The number of aromatic carboxylic acids is 1. The SMILES string of the molecule is COCCOc1ccc(N2C(=S)N[C@H](c3ccccn3)[C@@H]2c2cccn2-c2ccc(C(=O)O)cc2)cc1Cl. The predicted octanol–water partition coefficient (Wildman–Crippen LogP) is 5.43. The van der Waals surface area contributed by atoms with Crippen molar-refractivity contribution in [3.63, 3.8) is 0 Å². The standard InChI is InChI=1S/C28H25ClN4O4S/c1-36-15-16-37-24-12-11-20(17-21(24)29)33-26(25(31-28(33)38)22-5-2-3-13-30-22)23-6-4-14-32(23)19-9-7-18(8-10-19)27(34)35/h2-14,17,25-26H,15-16H2,1H3,(H,31,38)(H,34,35)/t25-,26+/m1/s1. The molecule has 1 aliphatic heterocycles. The second-order valence-corrected chi connectivity index (χ2v) is 9.40. The van der Waals surface area contributed by atoms with E-state index in [1.54, 1.807) is 37.6 Å². The third-order valence-corrected chi connectivity index (χ3v) is 6.92. The summed E-state index contributed by atoms with van der Waals surface area (Å²) in [6.45, 7) is 0.842. The summed E-state index contributed by atoms with van der Waals surface area (Å²) in [7, 11) is 1.61. The fourth-order valence-corrected chi connectivity index (χ4v) is 5.14. The van der Waals surface area contributed by atoms with Crippen molar-refractivity contribution in [3.8, 4) is 11.4 Å². The van der Waals surface area contributed by atoms with Gasteiger partial charge in [0, 0.05) is 36.6 Å². The Morgan fingerprint density at radius 2 is 1.87 bits per heavy atom. The van der Waals surface area contributed by atoms with Crippen molar-refractivity contribution in [1.29, 1.82) is 0 Å². The Morgan fingerprint density at radius 1 is 1.08 bits per heavy atom. The van der Waals surface area contributed by atoms with E-state index in [0.717, 1.165) is 22.8 Å². The lowest BCUT2D eigenvalue weighted by molar-refractivity contribution is 0.0697. The second-order valence-electron chi connectivity index (χ2n) is 8.61. The normalized spacial score (nSPS) is 16.9. The first kappa shape index (κ1) is 25.7. The summed E-state index contributed by atoms with van der Waals surface area (Å²) in [5, 5.41) is 13.8. The molecule has 2 aromatic heterocycles. The van der Waals surface area contributed by atoms with Crippen LogP contribution in [0.2, 0.25) is 5.02 Å². The fourth-order valence-electron chi connectivity index (χ4n) is 4.56. The molecule has 4 aromatic rings. The van der Waals surface area contributed by atoms with Crippen LogP contribution in [0.25, 0.3) is 5.69 Å². The van der Waals surface area contributed by atoms with Crippen LogP contribution in [0, 0.1) is 0 Å². The van der Waals surface area contributed by atoms with E-state index in [4.69, 9.17) is 33.3 Å². The number of benzene rings is 2. The molecule has 38 heavy (non-hydrogen) atoms. The summed E-state index contributed by atoms with van der Waals surface area (Å²) in [6, 6.07) is 21.6. The van der Waals surface area contributed by atoms with Gasteiger partial charge in [0.05, 0.1) is 28.9 Å². The number of thiocarbonyl (C=S) groups is 1. The highest BCUT2D eigenvalue weighted by Crippen LogP contribution is 2.43. The zero-order valence-corrected chi connectivity index (χ0v) is 22.0. The lowest BCUT2D eigenvalue weighted by atomic mass is 10.0. The van der Waals surface area contributed by atoms with E-state index in [-0.39, 0.29) is 17.6 Å². The van der Waals surface area contributed by atoms with E-state index in [1.807, 2.05) is 64.2 Å². The van der Waals surface area contributed by atoms with Crippen LogP contribution in [-0.2, 0) is 4.74 Å². The summed E-state index contributed by atoms with van der Waals surface area (Å²) in [5.41, 5.74) is 3.62. The molecular weight excluding hydrogens is 524 g/mol. The Kier molecular flexibility index (Phi) is 7.59. The average Bonchev–Trinajstić information content (AvgIpc) is 3.54. The first-order chi connectivity index (χ1) is 18.5. The molecule has 1 fully saturated rings. The highest BCUT2D eigenvalue weighted by Gasteiger charge is 2.42. The van der Waals surface area contributed by atoms with Gasteiger partial charge in [0.25, 0.3) is 0 Å². The first-order valence-corrected chi connectivity index (χ1v) is 12.7. The minimum absolute atomic E-state index is 0.224. The van der Waals surface area contributed by atoms with Crippen molar-refractivity contribution in [2.45, 2.75) is 12.1 Å². The van der Waals surface area contributed by atoms with Crippen molar-refractivity contribution in [3.05, 3.63) is 107 Å². The van der Waals surface area contributed by atoms with Gasteiger partial charge in [0.2, 0.25) is 0 Å².